The van der Waals surface area contributed by atoms with Gasteiger partial charge in [-0.3, -0.25) is 4.79 Å². The zero-order valence-electron chi connectivity index (χ0n) is 19.5. The summed E-state index contributed by atoms with van der Waals surface area (Å²) in [6, 6.07) is 11.7. The lowest BCUT2D eigenvalue weighted by atomic mass is 9.97. The molecule has 34 heavy (non-hydrogen) atoms. The second kappa shape index (κ2) is 10.2. The number of hydrogen-bond acceptors (Lipinski definition) is 6. The second-order valence-electron chi connectivity index (χ2n) is 8.75. The van der Waals surface area contributed by atoms with Crippen LogP contribution in [0.25, 0.3) is 12.2 Å². The van der Waals surface area contributed by atoms with Crippen molar-refractivity contribution in [1.82, 2.24) is 9.46 Å². The summed E-state index contributed by atoms with van der Waals surface area (Å²) in [5, 5.41) is 8.81. The van der Waals surface area contributed by atoms with Gasteiger partial charge in [0, 0.05) is 29.6 Å². The van der Waals surface area contributed by atoms with Gasteiger partial charge >= 0.3 is 0 Å². The Bertz CT molecular complexity index is 1250. The average Bonchev–Trinajstić information content (AvgIpc) is 3.47. The number of thiophene rings is 1. The third-order valence-electron chi connectivity index (χ3n) is 6.04. The first-order valence-corrected chi connectivity index (χ1v) is 13.7. The van der Waals surface area contributed by atoms with Crippen LogP contribution in [-0.2, 0) is 14.8 Å². The van der Waals surface area contributed by atoms with Crippen molar-refractivity contribution in [3.8, 4) is 0 Å². The molecule has 9 heteroatoms. The molecule has 1 aromatic carbocycles. The highest BCUT2D eigenvalue weighted by Gasteiger charge is 2.36. The van der Waals surface area contributed by atoms with Gasteiger partial charge in [0.15, 0.2) is 10.7 Å². The van der Waals surface area contributed by atoms with E-state index in [1.54, 1.807) is 24.3 Å². The van der Waals surface area contributed by atoms with Crippen LogP contribution in [0.1, 0.15) is 54.5 Å². The lowest BCUT2D eigenvalue weighted by Gasteiger charge is -2.30. The first-order chi connectivity index (χ1) is 16.3. The van der Waals surface area contributed by atoms with Crippen LogP contribution in [0.2, 0.25) is 0 Å². The molecule has 0 bridgehead atoms. The van der Waals surface area contributed by atoms with Gasteiger partial charge < -0.3 is 9.84 Å². The molecule has 1 fully saturated rings. The SMILES string of the molecule is Cc1noc(/C=C/c2cccs2)c1S(=O)(=O)N1CCC(C(=O)Nc2ccc(C(C)C)cc2)CC1. The number of benzene rings is 1. The predicted octanol–water partition coefficient (Wildman–Crippen LogP) is 5.38. The first-order valence-electron chi connectivity index (χ1n) is 11.3. The number of carbonyl (C=O) groups excluding carboxylic acids is 1. The summed E-state index contributed by atoms with van der Waals surface area (Å²) in [5.41, 5.74) is 2.30. The second-order valence-corrected chi connectivity index (χ2v) is 11.6. The third-order valence-corrected chi connectivity index (χ3v) is 8.94. The van der Waals surface area contributed by atoms with Crippen LogP contribution in [0.15, 0.2) is 51.2 Å². The molecule has 1 N–H and O–H groups in total. The maximum atomic E-state index is 13.4. The van der Waals surface area contributed by atoms with Crippen LogP contribution in [0, 0.1) is 12.8 Å². The fourth-order valence-electron chi connectivity index (χ4n) is 4.03. The van der Waals surface area contributed by atoms with Crippen molar-refractivity contribution in [3.05, 3.63) is 63.7 Å². The molecule has 0 atom stereocenters. The molecule has 1 saturated heterocycles. The Kier molecular flexibility index (Phi) is 7.35. The molecule has 0 unspecified atom stereocenters. The number of sulfonamides is 1. The quantitative estimate of drug-likeness (QED) is 0.471. The minimum absolute atomic E-state index is 0.0740. The summed E-state index contributed by atoms with van der Waals surface area (Å²) in [6.07, 6.45) is 4.37. The number of piperidine rings is 1. The van der Waals surface area contributed by atoms with Crippen molar-refractivity contribution in [3.63, 3.8) is 0 Å². The number of anilines is 1. The Balaban J connectivity index is 1.41. The molecule has 1 aliphatic rings. The van der Waals surface area contributed by atoms with Gasteiger partial charge in [-0.1, -0.05) is 37.2 Å². The van der Waals surface area contributed by atoms with Crippen LogP contribution < -0.4 is 5.32 Å². The summed E-state index contributed by atoms with van der Waals surface area (Å²) >= 11 is 1.55. The number of aryl methyl sites for hydroxylation is 1. The predicted molar refractivity (Wildman–Crippen MR) is 135 cm³/mol. The van der Waals surface area contributed by atoms with E-state index < -0.39 is 10.0 Å². The standard InChI is InChI=1S/C25H29N3O4S2/c1-17(2)19-6-8-21(9-7-19)26-25(29)20-12-14-28(15-13-20)34(30,31)24-18(3)27-32-23(24)11-10-22-5-4-16-33-22/h4-11,16-17,20H,12-15H2,1-3H3,(H,26,29)/b11-10+. The molecule has 0 aliphatic carbocycles. The van der Waals surface area contributed by atoms with E-state index in [1.807, 2.05) is 47.9 Å². The lowest BCUT2D eigenvalue weighted by molar-refractivity contribution is -0.120. The monoisotopic (exact) mass is 499 g/mol. The zero-order chi connectivity index (χ0) is 24.3. The Hall–Kier alpha value is -2.75. The van der Waals surface area contributed by atoms with E-state index in [2.05, 4.69) is 24.3 Å². The highest BCUT2D eigenvalue weighted by Crippen LogP contribution is 2.30. The van der Waals surface area contributed by atoms with Gasteiger partial charge in [0.2, 0.25) is 15.9 Å². The Labute approximate surface area is 204 Å². The highest BCUT2D eigenvalue weighted by atomic mass is 32.2. The Morgan fingerprint density at radius 1 is 1.18 bits per heavy atom. The number of hydrogen-bond donors (Lipinski definition) is 1. The molecule has 0 saturated carbocycles. The molecule has 2 aromatic heterocycles. The normalized spacial score (nSPS) is 15.9. The van der Waals surface area contributed by atoms with Gasteiger partial charge in [0.1, 0.15) is 5.69 Å². The minimum atomic E-state index is -3.79. The fraction of sp³-hybridized carbons (Fsp3) is 0.360. The molecule has 7 nitrogen and oxygen atoms in total. The van der Waals surface area contributed by atoms with Crippen molar-refractivity contribution in [2.75, 3.05) is 18.4 Å². The van der Waals surface area contributed by atoms with Gasteiger partial charge in [0.05, 0.1) is 0 Å². The maximum Gasteiger partial charge on any atom is 0.248 e. The number of carbonyl (C=O) groups is 1. The van der Waals surface area contributed by atoms with Gasteiger partial charge in [-0.15, -0.1) is 11.3 Å². The number of amides is 1. The smallest absolute Gasteiger partial charge is 0.248 e. The van der Waals surface area contributed by atoms with Crippen molar-refractivity contribution in [2.24, 2.45) is 5.92 Å². The van der Waals surface area contributed by atoms with Crippen molar-refractivity contribution >= 4 is 45.1 Å². The largest absolute Gasteiger partial charge is 0.355 e. The zero-order valence-corrected chi connectivity index (χ0v) is 21.2. The van der Waals surface area contributed by atoms with Gasteiger partial charge in [-0.05, 0) is 67.0 Å². The molecule has 3 aromatic rings. The van der Waals surface area contributed by atoms with Crippen LogP contribution in [-0.4, -0.2) is 36.9 Å². The van der Waals surface area contributed by atoms with Crippen LogP contribution in [0.3, 0.4) is 0 Å². The van der Waals surface area contributed by atoms with Crippen LogP contribution in [0.5, 0.6) is 0 Å². The average molecular weight is 500 g/mol. The summed E-state index contributed by atoms with van der Waals surface area (Å²) in [5.74, 6) is 0.334. The molecule has 1 amide bonds. The number of rotatable bonds is 7. The summed E-state index contributed by atoms with van der Waals surface area (Å²) in [7, 11) is -3.79. The number of nitrogens with zero attached hydrogens (tertiary/aromatic N) is 2. The fourth-order valence-corrected chi connectivity index (χ4v) is 6.36. The van der Waals surface area contributed by atoms with E-state index in [4.69, 9.17) is 4.52 Å². The molecule has 1 aliphatic heterocycles. The number of aromatic nitrogens is 1. The summed E-state index contributed by atoms with van der Waals surface area (Å²) < 4.78 is 33.5. The molecule has 4 rings (SSSR count). The van der Waals surface area contributed by atoms with Crippen molar-refractivity contribution < 1.29 is 17.7 Å². The van der Waals surface area contributed by atoms with E-state index in [0.29, 0.717) is 24.5 Å². The first kappa shape index (κ1) is 24.4. The van der Waals surface area contributed by atoms with Gasteiger partial charge in [0.25, 0.3) is 0 Å². The molecular weight excluding hydrogens is 470 g/mol. The van der Waals surface area contributed by atoms with Crippen LogP contribution in [0.4, 0.5) is 5.69 Å². The van der Waals surface area contributed by atoms with Crippen molar-refractivity contribution in [1.29, 1.82) is 0 Å². The highest BCUT2D eigenvalue weighted by molar-refractivity contribution is 7.89. The Morgan fingerprint density at radius 3 is 2.50 bits per heavy atom. The third kappa shape index (κ3) is 5.32. The molecule has 0 radical (unpaired) electrons. The molecule has 0 spiro atoms. The van der Waals surface area contributed by atoms with Crippen LogP contribution >= 0.6 is 11.3 Å². The van der Waals surface area contributed by atoms with E-state index in [-0.39, 0.29) is 35.6 Å². The van der Waals surface area contributed by atoms with E-state index >= 15 is 0 Å². The summed E-state index contributed by atoms with van der Waals surface area (Å²) in [6.45, 7) is 6.42. The Morgan fingerprint density at radius 2 is 1.88 bits per heavy atom. The topological polar surface area (TPSA) is 92.5 Å². The molecule has 180 valence electrons. The maximum absolute atomic E-state index is 13.4. The lowest BCUT2D eigenvalue weighted by Crippen LogP contribution is -2.41. The molecular formula is C25H29N3O4S2. The van der Waals surface area contributed by atoms with E-state index in [1.165, 1.54) is 9.87 Å². The summed E-state index contributed by atoms with van der Waals surface area (Å²) in [4.78, 5) is 13.8. The van der Waals surface area contributed by atoms with Gasteiger partial charge in [-0.25, -0.2) is 8.42 Å². The molecule has 3 heterocycles. The van der Waals surface area contributed by atoms with Gasteiger partial charge in [-0.2, -0.15) is 4.31 Å². The van der Waals surface area contributed by atoms with E-state index in [0.717, 1.165) is 10.6 Å². The minimum Gasteiger partial charge on any atom is -0.355 e. The number of nitrogens with one attached hydrogen (secondary N) is 1. The van der Waals surface area contributed by atoms with Crippen molar-refractivity contribution in [2.45, 2.75) is 44.4 Å². The van der Waals surface area contributed by atoms with E-state index in [9.17, 15) is 13.2 Å².